The molecule has 23 heavy (non-hydrogen) atoms. The van der Waals surface area contributed by atoms with Gasteiger partial charge < -0.3 is 10.2 Å². The lowest BCUT2D eigenvalue weighted by atomic mass is 9.78. The number of aliphatic carboxylic acids is 1. The molecule has 1 aromatic rings. The summed E-state index contributed by atoms with van der Waals surface area (Å²) >= 11 is 0. The fourth-order valence-corrected chi connectivity index (χ4v) is 4.47. The zero-order valence-electron chi connectivity index (χ0n) is 13.9. The molecule has 2 aliphatic rings. The summed E-state index contributed by atoms with van der Waals surface area (Å²) in [5, 5.41) is 20.1. The molecule has 0 saturated heterocycles. The Morgan fingerprint density at radius 1 is 0.870 bits per heavy atom. The Labute approximate surface area is 138 Å². The van der Waals surface area contributed by atoms with Gasteiger partial charge in [0.1, 0.15) is 5.75 Å². The Morgan fingerprint density at radius 2 is 1.30 bits per heavy atom. The maximum absolute atomic E-state index is 11.2. The standard InChI is InChI=1S/C20H28O3/c21-19(22)13-14-11-17(15-7-3-1-4-8-15)20(23)18(12-14)16-9-5-2-6-10-16/h11-12,15-16,23H,1-10,13H2,(H,21,22). The zero-order chi connectivity index (χ0) is 16.2. The number of carboxylic acid groups (broad SMARTS) is 1. The minimum atomic E-state index is -0.792. The first-order valence-electron chi connectivity index (χ1n) is 9.22. The van der Waals surface area contributed by atoms with Crippen molar-refractivity contribution < 1.29 is 15.0 Å². The molecule has 2 N–H and O–H groups in total. The first-order chi connectivity index (χ1) is 11.1. The molecule has 0 unspecified atom stereocenters. The summed E-state index contributed by atoms with van der Waals surface area (Å²) in [5.74, 6) is 0.484. The van der Waals surface area contributed by atoms with Gasteiger partial charge in [-0.15, -0.1) is 0 Å². The fraction of sp³-hybridized carbons (Fsp3) is 0.650. The number of carbonyl (C=O) groups is 1. The predicted molar refractivity (Wildman–Crippen MR) is 91.1 cm³/mol. The normalized spacial score (nSPS) is 20.5. The molecule has 0 atom stereocenters. The third kappa shape index (κ3) is 3.88. The largest absolute Gasteiger partial charge is 0.507 e. The van der Waals surface area contributed by atoms with Gasteiger partial charge in [0, 0.05) is 0 Å². The van der Waals surface area contributed by atoms with E-state index in [2.05, 4.69) is 0 Å². The van der Waals surface area contributed by atoms with Gasteiger partial charge in [-0.2, -0.15) is 0 Å². The van der Waals surface area contributed by atoms with E-state index in [9.17, 15) is 15.0 Å². The highest BCUT2D eigenvalue weighted by Gasteiger charge is 2.25. The van der Waals surface area contributed by atoms with Crippen molar-refractivity contribution in [2.75, 3.05) is 0 Å². The number of hydrogen-bond donors (Lipinski definition) is 2. The molecule has 0 amide bonds. The maximum Gasteiger partial charge on any atom is 0.307 e. The summed E-state index contributed by atoms with van der Waals surface area (Å²) < 4.78 is 0. The van der Waals surface area contributed by atoms with Gasteiger partial charge in [0.15, 0.2) is 0 Å². The van der Waals surface area contributed by atoms with Crippen molar-refractivity contribution >= 4 is 5.97 Å². The van der Waals surface area contributed by atoms with Gasteiger partial charge in [0.25, 0.3) is 0 Å². The number of phenolic OH excluding ortho intramolecular Hbond substituents is 1. The molecule has 2 fully saturated rings. The summed E-state index contributed by atoms with van der Waals surface area (Å²) in [4.78, 5) is 11.2. The van der Waals surface area contributed by atoms with Crippen LogP contribution in [0.25, 0.3) is 0 Å². The van der Waals surface area contributed by atoms with E-state index >= 15 is 0 Å². The molecule has 2 saturated carbocycles. The molecule has 1 aromatic carbocycles. The van der Waals surface area contributed by atoms with Crippen molar-refractivity contribution in [3.05, 3.63) is 28.8 Å². The second-order valence-corrected chi connectivity index (χ2v) is 7.36. The number of carboxylic acids is 1. The molecule has 0 heterocycles. The number of phenols is 1. The third-order valence-corrected chi connectivity index (χ3v) is 5.67. The van der Waals surface area contributed by atoms with Crippen molar-refractivity contribution in [2.24, 2.45) is 0 Å². The van der Waals surface area contributed by atoms with Crippen molar-refractivity contribution in [1.29, 1.82) is 0 Å². The highest BCUT2D eigenvalue weighted by molar-refractivity contribution is 5.70. The van der Waals surface area contributed by atoms with E-state index in [1.165, 1.54) is 38.5 Å². The van der Waals surface area contributed by atoms with Gasteiger partial charge in [-0.05, 0) is 54.2 Å². The van der Waals surface area contributed by atoms with Gasteiger partial charge in [0.2, 0.25) is 0 Å². The molecule has 0 aliphatic heterocycles. The molecule has 0 radical (unpaired) electrons. The Kier molecular flexibility index (Phi) is 5.24. The van der Waals surface area contributed by atoms with E-state index in [1.807, 2.05) is 12.1 Å². The van der Waals surface area contributed by atoms with E-state index in [0.717, 1.165) is 42.4 Å². The zero-order valence-corrected chi connectivity index (χ0v) is 13.9. The van der Waals surface area contributed by atoms with Crippen LogP contribution < -0.4 is 0 Å². The van der Waals surface area contributed by atoms with E-state index in [-0.39, 0.29) is 6.42 Å². The van der Waals surface area contributed by atoms with Crippen molar-refractivity contribution in [3.63, 3.8) is 0 Å². The van der Waals surface area contributed by atoms with Crippen molar-refractivity contribution in [2.45, 2.75) is 82.5 Å². The van der Waals surface area contributed by atoms with Crippen LogP contribution in [0.1, 0.15) is 92.7 Å². The second kappa shape index (κ2) is 7.37. The molecule has 0 spiro atoms. The molecule has 3 nitrogen and oxygen atoms in total. The fourth-order valence-electron chi connectivity index (χ4n) is 4.47. The molecule has 3 heteroatoms. The Hall–Kier alpha value is -1.51. The van der Waals surface area contributed by atoms with Crippen LogP contribution in [-0.2, 0) is 11.2 Å². The topological polar surface area (TPSA) is 57.5 Å². The summed E-state index contributed by atoms with van der Waals surface area (Å²) in [6, 6.07) is 3.93. The summed E-state index contributed by atoms with van der Waals surface area (Å²) in [6.07, 6.45) is 11.9. The summed E-state index contributed by atoms with van der Waals surface area (Å²) in [7, 11) is 0. The molecule has 126 valence electrons. The van der Waals surface area contributed by atoms with Gasteiger partial charge in [-0.25, -0.2) is 0 Å². The van der Waals surface area contributed by atoms with Crippen LogP contribution in [-0.4, -0.2) is 16.2 Å². The first-order valence-corrected chi connectivity index (χ1v) is 9.22. The number of hydrogen-bond acceptors (Lipinski definition) is 2. The van der Waals surface area contributed by atoms with Crippen molar-refractivity contribution in [3.8, 4) is 5.75 Å². The second-order valence-electron chi connectivity index (χ2n) is 7.36. The molecule has 0 aromatic heterocycles. The SMILES string of the molecule is O=C(O)Cc1cc(C2CCCCC2)c(O)c(C2CCCCC2)c1. The van der Waals surface area contributed by atoms with Crippen LogP contribution >= 0.6 is 0 Å². The third-order valence-electron chi connectivity index (χ3n) is 5.67. The number of benzene rings is 1. The average Bonchev–Trinajstić information content (AvgIpc) is 2.57. The quantitative estimate of drug-likeness (QED) is 0.811. The monoisotopic (exact) mass is 316 g/mol. The number of aromatic hydroxyl groups is 1. The van der Waals surface area contributed by atoms with Crippen LogP contribution in [0.4, 0.5) is 0 Å². The van der Waals surface area contributed by atoms with Crippen molar-refractivity contribution in [1.82, 2.24) is 0 Å². The lowest BCUT2D eigenvalue weighted by Gasteiger charge is -2.28. The van der Waals surface area contributed by atoms with Crippen LogP contribution in [0.5, 0.6) is 5.75 Å². The lowest BCUT2D eigenvalue weighted by molar-refractivity contribution is -0.136. The predicted octanol–water partition coefficient (Wildman–Crippen LogP) is 5.11. The molecule has 3 rings (SSSR count). The first kappa shape index (κ1) is 16.4. The molecular weight excluding hydrogens is 288 g/mol. The minimum Gasteiger partial charge on any atom is -0.507 e. The van der Waals surface area contributed by atoms with Gasteiger partial charge in [-0.1, -0.05) is 50.7 Å². The summed E-state index contributed by atoms with van der Waals surface area (Å²) in [6.45, 7) is 0. The highest BCUT2D eigenvalue weighted by Crippen LogP contribution is 2.44. The Morgan fingerprint density at radius 3 is 1.70 bits per heavy atom. The lowest BCUT2D eigenvalue weighted by Crippen LogP contribution is -2.11. The van der Waals surface area contributed by atoms with E-state index in [0.29, 0.717) is 17.6 Å². The maximum atomic E-state index is 11.2. The highest BCUT2D eigenvalue weighted by atomic mass is 16.4. The summed E-state index contributed by atoms with van der Waals surface area (Å²) in [5.41, 5.74) is 2.89. The van der Waals surface area contributed by atoms with E-state index in [1.54, 1.807) is 0 Å². The van der Waals surface area contributed by atoms with Gasteiger partial charge >= 0.3 is 5.97 Å². The average molecular weight is 316 g/mol. The van der Waals surface area contributed by atoms with Crippen LogP contribution in [0.2, 0.25) is 0 Å². The smallest absolute Gasteiger partial charge is 0.307 e. The molecular formula is C20H28O3. The minimum absolute atomic E-state index is 0.0553. The van der Waals surface area contributed by atoms with Crippen LogP contribution in [0.15, 0.2) is 12.1 Å². The van der Waals surface area contributed by atoms with Crippen LogP contribution in [0, 0.1) is 0 Å². The van der Waals surface area contributed by atoms with Gasteiger partial charge in [-0.3, -0.25) is 4.79 Å². The van der Waals surface area contributed by atoms with E-state index < -0.39 is 5.97 Å². The van der Waals surface area contributed by atoms with Gasteiger partial charge in [0.05, 0.1) is 6.42 Å². The number of rotatable bonds is 4. The van der Waals surface area contributed by atoms with Crippen LogP contribution in [0.3, 0.4) is 0 Å². The Balaban J connectivity index is 1.97. The molecule has 2 aliphatic carbocycles. The molecule has 0 bridgehead atoms. The Bertz CT molecular complexity index is 513. The van der Waals surface area contributed by atoms with E-state index in [4.69, 9.17) is 0 Å².